The normalized spacial score (nSPS) is 11.5. The lowest BCUT2D eigenvalue weighted by Crippen LogP contribution is -2.05. The molecule has 1 aliphatic rings. The fourth-order valence-corrected chi connectivity index (χ4v) is 4.70. The van der Waals surface area contributed by atoms with E-state index in [1.807, 2.05) is 13.0 Å². The van der Waals surface area contributed by atoms with Crippen molar-refractivity contribution >= 4 is 5.97 Å². The fraction of sp³-hybridized carbons (Fsp3) is 0.424. The molecule has 0 radical (unpaired) electrons. The Kier molecular flexibility index (Phi) is 10.1. The maximum absolute atomic E-state index is 11.3. The molecule has 0 aromatic heterocycles. The van der Waals surface area contributed by atoms with E-state index in [0.717, 1.165) is 73.5 Å². The van der Waals surface area contributed by atoms with Crippen molar-refractivity contribution in [2.24, 2.45) is 0 Å². The topological polar surface area (TPSA) is 68.3 Å². The standard InChI is InChI=1S/C33H40O5/c1-3-4-5-10-21-36-29-20-19-27(31-32(29)38-31)26-16-14-25(15-17-26)12-9-7-6-8-11-22-37-30-23-24(2)13-18-28(30)33(34)35/h13-20,23H,3-12,21-22H2,1-2H3,(H,34,35). The Bertz CT molecular complexity index is 1200. The summed E-state index contributed by atoms with van der Waals surface area (Å²) < 4.78 is 17.4. The molecule has 0 saturated carbocycles. The van der Waals surface area contributed by atoms with Crippen molar-refractivity contribution in [2.45, 2.75) is 78.1 Å². The quantitative estimate of drug-likeness (QED) is 0.112. The number of aromatic carboxylic acids is 1. The smallest absolute Gasteiger partial charge is 0.339 e. The van der Waals surface area contributed by atoms with Gasteiger partial charge in [0.25, 0.3) is 0 Å². The van der Waals surface area contributed by atoms with Crippen LogP contribution in [-0.2, 0) is 6.42 Å². The van der Waals surface area contributed by atoms with Gasteiger partial charge in [-0.1, -0.05) is 75.8 Å². The van der Waals surface area contributed by atoms with Crippen LogP contribution in [0.3, 0.4) is 0 Å². The van der Waals surface area contributed by atoms with Crippen molar-refractivity contribution in [1.29, 1.82) is 0 Å². The first kappa shape index (κ1) is 27.6. The highest BCUT2D eigenvalue weighted by molar-refractivity contribution is 5.91. The highest BCUT2D eigenvalue weighted by Crippen LogP contribution is 2.57. The summed E-state index contributed by atoms with van der Waals surface area (Å²) in [4.78, 5) is 11.3. The number of carboxylic acids is 1. The zero-order valence-corrected chi connectivity index (χ0v) is 22.8. The largest absolute Gasteiger partial charge is 0.493 e. The van der Waals surface area contributed by atoms with Crippen LogP contribution >= 0.6 is 0 Å². The van der Waals surface area contributed by atoms with Crippen molar-refractivity contribution in [1.82, 2.24) is 0 Å². The van der Waals surface area contributed by atoms with Gasteiger partial charge in [-0.3, -0.25) is 0 Å². The lowest BCUT2D eigenvalue weighted by atomic mass is 10.0. The van der Waals surface area contributed by atoms with Gasteiger partial charge >= 0.3 is 5.97 Å². The highest BCUT2D eigenvalue weighted by Gasteiger charge is 2.30. The molecule has 0 atom stereocenters. The molecular formula is C33H40O5. The predicted molar refractivity (Wildman–Crippen MR) is 152 cm³/mol. The summed E-state index contributed by atoms with van der Waals surface area (Å²) in [5, 5.41) is 9.30. The number of carbonyl (C=O) groups is 1. The van der Waals surface area contributed by atoms with Gasteiger partial charge in [-0.05, 0) is 73.6 Å². The van der Waals surface area contributed by atoms with Gasteiger partial charge in [0.05, 0.1) is 13.2 Å². The Morgan fingerprint density at radius 2 is 1.45 bits per heavy atom. The van der Waals surface area contributed by atoms with Gasteiger partial charge in [0, 0.05) is 5.56 Å². The molecule has 1 aliphatic heterocycles. The minimum atomic E-state index is -0.949. The molecule has 3 aromatic carbocycles. The predicted octanol–water partition coefficient (Wildman–Crippen LogP) is 9.00. The molecule has 0 spiro atoms. The van der Waals surface area contributed by atoms with Gasteiger partial charge in [-0.15, -0.1) is 0 Å². The number of unbranched alkanes of at least 4 members (excludes halogenated alkanes) is 7. The third-order valence-corrected chi connectivity index (χ3v) is 6.99. The first-order valence-electron chi connectivity index (χ1n) is 14.1. The van der Waals surface area contributed by atoms with Crippen LogP contribution in [0.5, 0.6) is 23.0 Å². The molecule has 0 amide bonds. The van der Waals surface area contributed by atoms with Crippen molar-refractivity contribution in [2.75, 3.05) is 13.2 Å². The molecule has 3 aromatic rings. The van der Waals surface area contributed by atoms with Crippen LogP contribution in [0.15, 0.2) is 54.6 Å². The van der Waals surface area contributed by atoms with Crippen LogP contribution in [0.1, 0.15) is 86.2 Å². The molecule has 0 bridgehead atoms. The number of aryl methyl sites for hydroxylation is 2. The number of benzene rings is 3. The first-order chi connectivity index (χ1) is 18.6. The van der Waals surface area contributed by atoms with Crippen LogP contribution < -0.4 is 14.2 Å². The van der Waals surface area contributed by atoms with Gasteiger partial charge in [0.2, 0.25) is 5.75 Å². The second-order valence-corrected chi connectivity index (χ2v) is 10.1. The molecular weight excluding hydrogens is 476 g/mol. The van der Waals surface area contributed by atoms with Crippen LogP contribution in [0.4, 0.5) is 0 Å². The van der Waals surface area contributed by atoms with Crippen molar-refractivity contribution in [3.8, 4) is 34.1 Å². The fourth-order valence-electron chi connectivity index (χ4n) is 4.70. The van der Waals surface area contributed by atoms with E-state index in [1.54, 1.807) is 18.2 Å². The molecule has 0 saturated heterocycles. The van der Waals surface area contributed by atoms with Crippen LogP contribution in [-0.4, -0.2) is 24.3 Å². The van der Waals surface area contributed by atoms with Gasteiger partial charge in [-0.2, -0.15) is 0 Å². The van der Waals surface area contributed by atoms with E-state index < -0.39 is 5.97 Å². The summed E-state index contributed by atoms with van der Waals surface area (Å²) in [6.07, 6.45) is 11.4. The zero-order valence-electron chi connectivity index (χ0n) is 22.8. The van der Waals surface area contributed by atoms with E-state index in [4.69, 9.17) is 14.2 Å². The van der Waals surface area contributed by atoms with E-state index in [9.17, 15) is 9.90 Å². The van der Waals surface area contributed by atoms with Crippen molar-refractivity contribution < 1.29 is 24.1 Å². The van der Waals surface area contributed by atoms with Gasteiger partial charge in [0.15, 0.2) is 11.5 Å². The number of ether oxygens (including phenoxy) is 3. The molecule has 1 heterocycles. The van der Waals surface area contributed by atoms with Crippen LogP contribution in [0, 0.1) is 6.92 Å². The maximum Gasteiger partial charge on any atom is 0.339 e. The SMILES string of the molecule is CCCCCCOc1ccc(-c2ccc(CCCCCCCOc3cc(C)ccc3C(=O)O)cc2)c2c1O2. The Labute approximate surface area is 226 Å². The maximum atomic E-state index is 11.3. The Hall–Kier alpha value is -3.47. The van der Waals surface area contributed by atoms with E-state index in [1.165, 1.54) is 36.8 Å². The molecule has 5 nitrogen and oxygen atoms in total. The van der Waals surface area contributed by atoms with Crippen molar-refractivity contribution in [3.05, 3.63) is 71.3 Å². The summed E-state index contributed by atoms with van der Waals surface area (Å²) in [5.74, 6) is 2.23. The molecule has 5 heteroatoms. The van der Waals surface area contributed by atoms with E-state index in [2.05, 4.69) is 37.3 Å². The Morgan fingerprint density at radius 3 is 2.18 bits per heavy atom. The Balaban J connectivity index is 1.12. The molecule has 1 N–H and O–H groups in total. The Morgan fingerprint density at radius 1 is 0.763 bits per heavy atom. The summed E-state index contributed by atoms with van der Waals surface area (Å²) in [6, 6.07) is 18.2. The average Bonchev–Trinajstić information content (AvgIpc) is 3.72. The average molecular weight is 517 g/mol. The monoisotopic (exact) mass is 516 g/mol. The molecule has 4 rings (SSSR count). The molecule has 0 aliphatic carbocycles. The molecule has 38 heavy (non-hydrogen) atoms. The second kappa shape index (κ2) is 13.9. The summed E-state index contributed by atoms with van der Waals surface area (Å²) in [6.45, 7) is 5.45. The lowest BCUT2D eigenvalue weighted by molar-refractivity contribution is 0.0692. The highest BCUT2D eigenvalue weighted by atomic mass is 16.6. The number of fused-ring (bicyclic) bond motifs is 1. The van der Waals surface area contributed by atoms with Gasteiger partial charge < -0.3 is 19.3 Å². The minimum absolute atomic E-state index is 0.228. The van der Waals surface area contributed by atoms with E-state index in [0.29, 0.717) is 12.4 Å². The van der Waals surface area contributed by atoms with E-state index in [-0.39, 0.29) is 5.56 Å². The third-order valence-electron chi connectivity index (χ3n) is 6.99. The second-order valence-electron chi connectivity index (χ2n) is 10.1. The summed E-state index contributed by atoms with van der Waals surface area (Å²) in [7, 11) is 0. The van der Waals surface area contributed by atoms with Gasteiger partial charge in [-0.25, -0.2) is 4.79 Å². The van der Waals surface area contributed by atoms with Crippen LogP contribution in [0.25, 0.3) is 11.1 Å². The van der Waals surface area contributed by atoms with Gasteiger partial charge in [0.1, 0.15) is 11.3 Å². The minimum Gasteiger partial charge on any atom is -0.493 e. The number of carboxylic acid groups (broad SMARTS) is 1. The summed E-state index contributed by atoms with van der Waals surface area (Å²) in [5.41, 5.74) is 4.89. The molecule has 0 unspecified atom stereocenters. The lowest BCUT2D eigenvalue weighted by Gasteiger charge is -2.10. The van der Waals surface area contributed by atoms with Crippen LogP contribution in [0.2, 0.25) is 0 Å². The van der Waals surface area contributed by atoms with E-state index >= 15 is 0 Å². The number of hydrogen-bond acceptors (Lipinski definition) is 4. The summed E-state index contributed by atoms with van der Waals surface area (Å²) >= 11 is 0. The van der Waals surface area contributed by atoms with Crippen molar-refractivity contribution in [3.63, 3.8) is 0 Å². The molecule has 202 valence electrons. The molecule has 0 fully saturated rings. The zero-order chi connectivity index (χ0) is 26.7. The first-order valence-corrected chi connectivity index (χ1v) is 14.1. The number of hydrogen-bond donors (Lipinski definition) is 1. The third kappa shape index (κ3) is 7.77. The number of rotatable bonds is 17.